The fraction of sp³-hybridized carbons (Fsp3) is 0.222. The molecule has 0 aromatic heterocycles. The van der Waals surface area contributed by atoms with E-state index in [0.717, 1.165) is 22.3 Å². The summed E-state index contributed by atoms with van der Waals surface area (Å²) in [7, 11) is 0. The first-order valence-corrected chi connectivity index (χ1v) is 11.2. The first-order valence-electron chi connectivity index (χ1n) is 11.2. The van der Waals surface area contributed by atoms with Crippen molar-refractivity contribution in [3.05, 3.63) is 89.5 Å². The van der Waals surface area contributed by atoms with Gasteiger partial charge in [0, 0.05) is 11.6 Å². The van der Waals surface area contributed by atoms with Crippen LogP contribution in [0.25, 0.3) is 11.1 Å². The lowest BCUT2D eigenvalue weighted by atomic mass is 9.98. The summed E-state index contributed by atoms with van der Waals surface area (Å²) in [6.07, 6.45) is 0.458. The molecule has 1 aliphatic carbocycles. The molecule has 1 aliphatic rings. The van der Waals surface area contributed by atoms with E-state index in [1.807, 2.05) is 43.3 Å². The highest BCUT2D eigenvalue weighted by atomic mass is 16.5. The monoisotopic (exact) mass is 458 g/mol. The smallest absolute Gasteiger partial charge is 0.407 e. The number of carbonyl (C=O) groups excluding carboxylic acids is 2. The van der Waals surface area contributed by atoms with Crippen LogP contribution in [0.4, 0.5) is 10.5 Å². The predicted molar refractivity (Wildman–Crippen MR) is 129 cm³/mol. The van der Waals surface area contributed by atoms with Crippen LogP contribution in [0.3, 0.4) is 0 Å². The van der Waals surface area contributed by atoms with Crippen LogP contribution < -0.4 is 10.6 Å². The minimum Gasteiger partial charge on any atom is -0.478 e. The van der Waals surface area contributed by atoms with Gasteiger partial charge in [0.2, 0.25) is 5.91 Å². The molecule has 0 heterocycles. The predicted octanol–water partition coefficient (Wildman–Crippen LogP) is 5.03. The first-order chi connectivity index (χ1) is 16.5. The number of hydrogen-bond donors (Lipinski definition) is 3. The Balaban J connectivity index is 1.39. The maximum atomic E-state index is 12.7. The second-order valence-electron chi connectivity index (χ2n) is 8.18. The molecular formula is C27H26N2O5. The largest absolute Gasteiger partial charge is 0.478 e. The minimum absolute atomic E-state index is 0.0654. The maximum Gasteiger partial charge on any atom is 0.407 e. The summed E-state index contributed by atoms with van der Waals surface area (Å²) in [6.45, 7) is 2.08. The Labute approximate surface area is 197 Å². The third kappa shape index (κ3) is 4.93. The van der Waals surface area contributed by atoms with Crippen molar-refractivity contribution in [3.8, 4) is 11.1 Å². The van der Waals surface area contributed by atoms with Crippen LogP contribution in [-0.4, -0.2) is 35.7 Å². The van der Waals surface area contributed by atoms with Crippen molar-refractivity contribution in [2.24, 2.45) is 0 Å². The van der Waals surface area contributed by atoms with Gasteiger partial charge in [-0.2, -0.15) is 0 Å². The van der Waals surface area contributed by atoms with Crippen molar-refractivity contribution < 1.29 is 24.2 Å². The van der Waals surface area contributed by atoms with Gasteiger partial charge in [0.05, 0.1) is 5.56 Å². The van der Waals surface area contributed by atoms with Crippen LogP contribution in [0, 0.1) is 0 Å². The van der Waals surface area contributed by atoms with Gasteiger partial charge >= 0.3 is 12.1 Å². The topological polar surface area (TPSA) is 105 Å². The van der Waals surface area contributed by atoms with Crippen LogP contribution in [0.15, 0.2) is 72.8 Å². The molecule has 0 unspecified atom stereocenters. The SMILES string of the molecule is CCC[C@@H](NC(=O)OCC1c2ccccc2-c2ccccc21)C(=O)Nc1ccc(C(=O)O)cc1. The summed E-state index contributed by atoms with van der Waals surface area (Å²) in [5.41, 5.74) is 5.09. The average molecular weight is 459 g/mol. The van der Waals surface area contributed by atoms with Gasteiger partial charge in [0.15, 0.2) is 0 Å². The Bertz CT molecular complexity index is 1160. The number of alkyl carbamates (subject to hydrolysis) is 1. The molecule has 0 radical (unpaired) electrons. The average Bonchev–Trinajstić information content (AvgIpc) is 3.16. The number of ether oxygens (including phenoxy) is 1. The molecule has 4 rings (SSSR count). The van der Waals surface area contributed by atoms with Gasteiger partial charge in [0.25, 0.3) is 0 Å². The minimum atomic E-state index is -1.04. The van der Waals surface area contributed by atoms with Crippen LogP contribution in [0.5, 0.6) is 0 Å². The summed E-state index contributed by atoms with van der Waals surface area (Å²) >= 11 is 0. The van der Waals surface area contributed by atoms with E-state index in [4.69, 9.17) is 9.84 Å². The van der Waals surface area contributed by atoms with Crippen LogP contribution in [-0.2, 0) is 9.53 Å². The van der Waals surface area contributed by atoms with E-state index in [1.54, 1.807) is 0 Å². The zero-order valence-corrected chi connectivity index (χ0v) is 18.8. The summed E-state index contributed by atoms with van der Waals surface area (Å²) in [5, 5.41) is 14.4. The van der Waals surface area contributed by atoms with Gasteiger partial charge in [0.1, 0.15) is 12.6 Å². The first kappa shape index (κ1) is 23.0. The zero-order chi connectivity index (χ0) is 24.1. The molecule has 0 saturated heterocycles. The van der Waals surface area contributed by atoms with E-state index >= 15 is 0 Å². The number of carbonyl (C=O) groups is 3. The normalized spacial score (nSPS) is 12.9. The van der Waals surface area contributed by atoms with Crippen LogP contribution in [0.1, 0.15) is 47.2 Å². The molecular weight excluding hydrogens is 432 g/mol. The Morgan fingerprint density at radius 2 is 1.50 bits per heavy atom. The van der Waals surface area contributed by atoms with Crippen molar-refractivity contribution in [2.45, 2.75) is 31.7 Å². The molecule has 0 saturated carbocycles. The fourth-order valence-electron chi connectivity index (χ4n) is 4.27. The number of anilines is 1. The van der Waals surface area contributed by atoms with Crippen molar-refractivity contribution in [1.82, 2.24) is 5.32 Å². The standard InChI is InChI=1S/C27H26N2O5/c1-2-7-24(25(30)28-18-14-12-17(13-15-18)26(31)32)29-27(33)34-16-23-21-10-5-3-8-19(21)20-9-4-6-11-22(20)23/h3-6,8-15,23-24H,2,7,16H2,1H3,(H,28,30)(H,29,33)(H,31,32)/t24-/m1/s1. The van der Waals surface area contributed by atoms with E-state index in [-0.39, 0.29) is 18.1 Å². The quantitative estimate of drug-likeness (QED) is 0.439. The third-order valence-corrected chi connectivity index (χ3v) is 5.93. The number of amides is 2. The molecule has 1 atom stereocenters. The Morgan fingerprint density at radius 3 is 2.06 bits per heavy atom. The summed E-state index contributed by atoms with van der Waals surface area (Å²) < 4.78 is 5.56. The molecule has 34 heavy (non-hydrogen) atoms. The van der Waals surface area contributed by atoms with E-state index in [0.29, 0.717) is 18.5 Å². The maximum absolute atomic E-state index is 12.7. The zero-order valence-electron chi connectivity index (χ0n) is 18.8. The Kier molecular flexibility index (Phi) is 6.92. The fourth-order valence-corrected chi connectivity index (χ4v) is 4.27. The van der Waals surface area contributed by atoms with Gasteiger partial charge in [-0.25, -0.2) is 9.59 Å². The van der Waals surface area contributed by atoms with Crippen LogP contribution >= 0.6 is 0 Å². The molecule has 0 bridgehead atoms. The number of nitrogens with one attached hydrogen (secondary N) is 2. The van der Waals surface area contributed by atoms with Gasteiger partial charge in [-0.05, 0) is 52.9 Å². The molecule has 7 nitrogen and oxygen atoms in total. The highest BCUT2D eigenvalue weighted by molar-refractivity contribution is 5.97. The number of carboxylic acid groups (broad SMARTS) is 1. The molecule has 174 valence electrons. The third-order valence-electron chi connectivity index (χ3n) is 5.93. The number of hydrogen-bond acceptors (Lipinski definition) is 4. The van der Waals surface area contributed by atoms with Crippen molar-refractivity contribution in [1.29, 1.82) is 0 Å². The number of carboxylic acids is 1. The van der Waals surface area contributed by atoms with Gasteiger partial charge in [-0.1, -0.05) is 61.9 Å². The second kappa shape index (κ2) is 10.2. The molecule has 2 amide bonds. The van der Waals surface area contributed by atoms with Gasteiger partial charge in [-0.15, -0.1) is 0 Å². The number of fused-ring (bicyclic) bond motifs is 3. The van der Waals surface area contributed by atoms with E-state index < -0.39 is 24.0 Å². The summed E-state index contributed by atoms with van der Waals surface area (Å²) in [5.74, 6) is -1.50. The number of benzene rings is 3. The lowest BCUT2D eigenvalue weighted by Crippen LogP contribution is -2.44. The highest BCUT2D eigenvalue weighted by Crippen LogP contribution is 2.44. The van der Waals surface area contributed by atoms with Crippen molar-refractivity contribution in [2.75, 3.05) is 11.9 Å². The molecule has 3 aromatic rings. The lowest BCUT2D eigenvalue weighted by molar-refractivity contribution is -0.118. The molecule has 7 heteroatoms. The Morgan fingerprint density at radius 1 is 0.912 bits per heavy atom. The van der Waals surface area contributed by atoms with E-state index in [2.05, 4.69) is 22.8 Å². The van der Waals surface area contributed by atoms with E-state index in [9.17, 15) is 14.4 Å². The molecule has 0 fully saturated rings. The second-order valence-corrected chi connectivity index (χ2v) is 8.18. The lowest BCUT2D eigenvalue weighted by Gasteiger charge is -2.19. The number of aromatic carboxylic acids is 1. The summed E-state index contributed by atoms with van der Waals surface area (Å²) in [6, 6.07) is 21.2. The van der Waals surface area contributed by atoms with Gasteiger partial charge in [-0.3, -0.25) is 4.79 Å². The molecule has 3 N–H and O–H groups in total. The summed E-state index contributed by atoms with van der Waals surface area (Å²) in [4.78, 5) is 36.3. The van der Waals surface area contributed by atoms with Gasteiger partial charge < -0.3 is 20.5 Å². The molecule has 0 spiro atoms. The van der Waals surface area contributed by atoms with Crippen molar-refractivity contribution >= 4 is 23.7 Å². The molecule has 0 aliphatic heterocycles. The number of rotatable bonds is 8. The Hall–Kier alpha value is -4.13. The van der Waals surface area contributed by atoms with Crippen molar-refractivity contribution in [3.63, 3.8) is 0 Å². The molecule has 3 aromatic carbocycles. The highest BCUT2D eigenvalue weighted by Gasteiger charge is 2.29. The van der Waals surface area contributed by atoms with E-state index in [1.165, 1.54) is 24.3 Å². The van der Waals surface area contributed by atoms with Crippen LogP contribution in [0.2, 0.25) is 0 Å².